The van der Waals surface area contributed by atoms with Crippen molar-refractivity contribution >= 4 is 16.9 Å². The number of carboxylic acids is 1. The molecule has 90 valence electrons. The van der Waals surface area contributed by atoms with Gasteiger partial charge in [0.1, 0.15) is 6.54 Å². The third-order valence-corrected chi connectivity index (χ3v) is 3.00. The van der Waals surface area contributed by atoms with Gasteiger partial charge in [0.15, 0.2) is 0 Å². The van der Waals surface area contributed by atoms with Crippen LogP contribution in [0.4, 0.5) is 0 Å². The number of aromatic nitrogens is 1. The standard InChI is InChI=1S/C14H17NO2/c1-9(2)12-7-15(8-14(16)17)13-6-10(3)4-5-11(12)13/h4-7,9H,8H2,1-3H3,(H,16,17). The molecule has 0 aliphatic rings. The highest BCUT2D eigenvalue weighted by Gasteiger charge is 2.12. The van der Waals surface area contributed by atoms with Crippen LogP contribution in [0.2, 0.25) is 0 Å². The molecule has 17 heavy (non-hydrogen) atoms. The molecule has 0 fully saturated rings. The maximum atomic E-state index is 10.9. The van der Waals surface area contributed by atoms with Crippen molar-refractivity contribution < 1.29 is 9.90 Å². The van der Waals surface area contributed by atoms with Gasteiger partial charge in [-0.3, -0.25) is 4.79 Å². The molecule has 1 N–H and O–H groups in total. The summed E-state index contributed by atoms with van der Waals surface area (Å²) in [4.78, 5) is 10.9. The minimum atomic E-state index is -0.807. The van der Waals surface area contributed by atoms with E-state index in [0.29, 0.717) is 5.92 Å². The fraction of sp³-hybridized carbons (Fsp3) is 0.357. The fourth-order valence-corrected chi connectivity index (χ4v) is 2.17. The maximum Gasteiger partial charge on any atom is 0.323 e. The van der Waals surface area contributed by atoms with Crippen LogP contribution in [0.5, 0.6) is 0 Å². The number of aryl methyl sites for hydroxylation is 1. The number of carboxylic acid groups (broad SMARTS) is 1. The summed E-state index contributed by atoms with van der Waals surface area (Å²) < 4.78 is 1.82. The van der Waals surface area contributed by atoms with Crippen molar-refractivity contribution in [3.05, 3.63) is 35.5 Å². The molecule has 3 nitrogen and oxygen atoms in total. The molecule has 1 aromatic heterocycles. The predicted octanol–water partition coefficient (Wildman–Crippen LogP) is 3.16. The summed E-state index contributed by atoms with van der Waals surface area (Å²) in [6.45, 7) is 6.29. The normalized spacial score (nSPS) is 11.3. The fourth-order valence-electron chi connectivity index (χ4n) is 2.17. The van der Waals surface area contributed by atoms with Crippen LogP contribution < -0.4 is 0 Å². The monoisotopic (exact) mass is 231 g/mol. The van der Waals surface area contributed by atoms with Crippen LogP contribution >= 0.6 is 0 Å². The third-order valence-electron chi connectivity index (χ3n) is 3.00. The van der Waals surface area contributed by atoms with Crippen LogP contribution in [-0.4, -0.2) is 15.6 Å². The summed E-state index contributed by atoms with van der Waals surface area (Å²) in [5.74, 6) is -0.408. The summed E-state index contributed by atoms with van der Waals surface area (Å²) in [5, 5.41) is 10.1. The number of carbonyl (C=O) groups is 1. The molecular formula is C14H17NO2. The number of rotatable bonds is 3. The zero-order chi connectivity index (χ0) is 12.6. The number of nitrogens with zero attached hydrogens (tertiary/aromatic N) is 1. The zero-order valence-corrected chi connectivity index (χ0v) is 10.4. The highest BCUT2D eigenvalue weighted by atomic mass is 16.4. The molecule has 1 heterocycles. The van der Waals surface area contributed by atoms with Gasteiger partial charge in [-0.15, -0.1) is 0 Å². The van der Waals surface area contributed by atoms with Crippen LogP contribution in [0.1, 0.15) is 30.9 Å². The average Bonchev–Trinajstić information content (AvgIpc) is 2.56. The average molecular weight is 231 g/mol. The largest absolute Gasteiger partial charge is 0.480 e. The molecule has 0 spiro atoms. The number of aliphatic carboxylic acids is 1. The lowest BCUT2D eigenvalue weighted by atomic mass is 10.0. The lowest BCUT2D eigenvalue weighted by Gasteiger charge is -2.02. The summed E-state index contributed by atoms with van der Waals surface area (Å²) >= 11 is 0. The molecule has 2 rings (SSSR count). The quantitative estimate of drug-likeness (QED) is 0.881. The number of hydrogen-bond donors (Lipinski definition) is 1. The van der Waals surface area contributed by atoms with Gasteiger partial charge >= 0.3 is 5.97 Å². The van der Waals surface area contributed by atoms with Gasteiger partial charge in [-0.1, -0.05) is 26.0 Å². The lowest BCUT2D eigenvalue weighted by Crippen LogP contribution is -2.07. The highest BCUT2D eigenvalue weighted by Crippen LogP contribution is 2.28. The van der Waals surface area contributed by atoms with Gasteiger partial charge in [0.25, 0.3) is 0 Å². The second kappa shape index (κ2) is 4.24. The van der Waals surface area contributed by atoms with Crippen LogP contribution in [0.3, 0.4) is 0 Å². The Morgan fingerprint density at radius 3 is 2.71 bits per heavy atom. The number of hydrogen-bond acceptors (Lipinski definition) is 1. The first-order valence-corrected chi connectivity index (χ1v) is 5.80. The van der Waals surface area contributed by atoms with Crippen molar-refractivity contribution in [1.82, 2.24) is 4.57 Å². The molecule has 0 saturated carbocycles. The Bertz CT molecular complexity index is 567. The topological polar surface area (TPSA) is 42.2 Å². The van der Waals surface area contributed by atoms with Crippen LogP contribution in [0.15, 0.2) is 24.4 Å². The molecule has 2 aromatic rings. The molecule has 0 aliphatic carbocycles. The van der Waals surface area contributed by atoms with E-state index < -0.39 is 5.97 Å². The second-order valence-corrected chi connectivity index (χ2v) is 4.78. The summed E-state index contributed by atoms with van der Waals surface area (Å²) in [5.41, 5.74) is 3.37. The predicted molar refractivity (Wildman–Crippen MR) is 68.4 cm³/mol. The highest BCUT2D eigenvalue weighted by molar-refractivity contribution is 5.86. The molecule has 0 radical (unpaired) electrons. The Kier molecular flexibility index (Phi) is 2.92. The van der Waals surface area contributed by atoms with Gasteiger partial charge in [0.2, 0.25) is 0 Å². The molecule has 3 heteroatoms. The zero-order valence-electron chi connectivity index (χ0n) is 10.4. The van der Waals surface area contributed by atoms with Gasteiger partial charge < -0.3 is 9.67 Å². The Hall–Kier alpha value is -1.77. The van der Waals surface area contributed by atoms with Crippen molar-refractivity contribution in [3.63, 3.8) is 0 Å². The van der Waals surface area contributed by atoms with E-state index in [2.05, 4.69) is 26.0 Å². The van der Waals surface area contributed by atoms with Gasteiger partial charge in [0.05, 0.1) is 0 Å². The molecule has 0 aliphatic heterocycles. The number of benzene rings is 1. The Morgan fingerprint density at radius 1 is 1.41 bits per heavy atom. The van der Waals surface area contributed by atoms with E-state index in [0.717, 1.165) is 16.5 Å². The van der Waals surface area contributed by atoms with Gasteiger partial charge in [0, 0.05) is 17.1 Å². The molecule has 0 saturated heterocycles. The van der Waals surface area contributed by atoms with E-state index in [-0.39, 0.29) is 6.54 Å². The van der Waals surface area contributed by atoms with Crippen molar-refractivity contribution in [2.75, 3.05) is 0 Å². The Labute approximate surface area is 101 Å². The molecule has 0 bridgehead atoms. The van der Waals surface area contributed by atoms with E-state index in [9.17, 15) is 4.79 Å². The first-order valence-electron chi connectivity index (χ1n) is 5.80. The maximum absolute atomic E-state index is 10.9. The second-order valence-electron chi connectivity index (χ2n) is 4.78. The van der Waals surface area contributed by atoms with E-state index in [4.69, 9.17) is 5.11 Å². The van der Waals surface area contributed by atoms with Crippen LogP contribution in [-0.2, 0) is 11.3 Å². The van der Waals surface area contributed by atoms with E-state index in [1.165, 1.54) is 5.56 Å². The Morgan fingerprint density at radius 2 is 2.12 bits per heavy atom. The Balaban J connectivity index is 2.66. The molecular weight excluding hydrogens is 214 g/mol. The smallest absolute Gasteiger partial charge is 0.323 e. The molecule has 1 aromatic carbocycles. The first kappa shape index (κ1) is 11.7. The minimum absolute atomic E-state index is 0.0205. The lowest BCUT2D eigenvalue weighted by molar-refractivity contribution is -0.137. The van der Waals surface area contributed by atoms with Crippen molar-refractivity contribution in [3.8, 4) is 0 Å². The van der Waals surface area contributed by atoms with Crippen LogP contribution in [0.25, 0.3) is 10.9 Å². The first-order chi connectivity index (χ1) is 7.99. The molecule has 0 amide bonds. The van der Waals surface area contributed by atoms with E-state index in [1.807, 2.05) is 23.8 Å². The summed E-state index contributed by atoms with van der Waals surface area (Å²) in [6.07, 6.45) is 1.96. The van der Waals surface area contributed by atoms with Gasteiger partial charge in [-0.2, -0.15) is 0 Å². The minimum Gasteiger partial charge on any atom is -0.480 e. The van der Waals surface area contributed by atoms with Crippen molar-refractivity contribution in [1.29, 1.82) is 0 Å². The number of fused-ring (bicyclic) bond motifs is 1. The molecule has 0 unspecified atom stereocenters. The van der Waals surface area contributed by atoms with E-state index >= 15 is 0 Å². The van der Waals surface area contributed by atoms with Crippen molar-refractivity contribution in [2.45, 2.75) is 33.2 Å². The molecule has 0 atom stereocenters. The SMILES string of the molecule is Cc1ccc2c(C(C)C)cn(CC(=O)O)c2c1. The van der Waals surface area contributed by atoms with Crippen LogP contribution in [0, 0.1) is 6.92 Å². The van der Waals surface area contributed by atoms with Crippen molar-refractivity contribution in [2.24, 2.45) is 0 Å². The van der Waals surface area contributed by atoms with Gasteiger partial charge in [-0.25, -0.2) is 0 Å². The third kappa shape index (κ3) is 2.18. The van der Waals surface area contributed by atoms with Gasteiger partial charge in [-0.05, 0) is 30.0 Å². The van der Waals surface area contributed by atoms with E-state index in [1.54, 1.807) is 0 Å². The summed E-state index contributed by atoms with van der Waals surface area (Å²) in [6, 6.07) is 6.20. The summed E-state index contributed by atoms with van der Waals surface area (Å²) in [7, 11) is 0.